The molecule has 1 N–H and O–H groups in total. The minimum Gasteiger partial charge on any atom is -0.493 e. The molecule has 1 unspecified atom stereocenters. The third-order valence-electron chi connectivity index (χ3n) is 3.88. The van der Waals surface area contributed by atoms with Gasteiger partial charge >= 0.3 is 0 Å². The lowest BCUT2D eigenvalue weighted by Gasteiger charge is -2.36. The molecule has 1 fully saturated rings. The fourth-order valence-corrected chi connectivity index (χ4v) is 2.52. The van der Waals surface area contributed by atoms with E-state index < -0.39 is 0 Å². The maximum absolute atomic E-state index is 9.78. The Kier molecular flexibility index (Phi) is 4.32. The second-order valence-corrected chi connectivity index (χ2v) is 5.40. The van der Waals surface area contributed by atoms with Crippen LogP contribution in [-0.2, 0) is 10.2 Å². The molecule has 1 saturated heterocycles. The zero-order valence-corrected chi connectivity index (χ0v) is 11.8. The van der Waals surface area contributed by atoms with Crippen LogP contribution >= 0.6 is 0 Å². The number of aliphatic hydroxyl groups is 1. The molecule has 19 heavy (non-hydrogen) atoms. The molecule has 1 heterocycles. The number of rotatable bonds is 6. The first kappa shape index (κ1) is 14.2. The van der Waals surface area contributed by atoms with Crippen LogP contribution in [0.3, 0.4) is 0 Å². The molecule has 0 spiro atoms. The van der Waals surface area contributed by atoms with Gasteiger partial charge in [0.15, 0.2) is 11.5 Å². The molecule has 0 amide bonds. The Bertz CT molecular complexity index is 428. The zero-order valence-electron chi connectivity index (χ0n) is 11.8. The molecule has 0 radical (unpaired) electrons. The highest BCUT2D eigenvalue weighted by Crippen LogP contribution is 2.37. The van der Waals surface area contributed by atoms with Gasteiger partial charge in [-0.15, -0.1) is 0 Å². The van der Waals surface area contributed by atoms with E-state index in [-0.39, 0.29) is 12.0 Å². The van der Waals surface area contributed by atoms with E-state index >= 15 is 0 Å². The van der Waals surface area contributed by atoms with Crippen molar-refractivity contribution in [2.24, 2.45) is 5.92 Å². The molecule has 1 aromatic rings. The second-order valence-electron chi connectivity index (χ2n) is 5.40. The topological polar surface area (TPSA) is 47.9 Å². The molecular weight excluding hydrogens is 244 g/mol. The van der Waals surface area contributed by atoms with Crippen molar-refractivity contribution < 1.29 is 19.3 Å². The number of benzene rings is 1. The summed E-state index contributed by atoms with van der Waals surface area (Å²) in [5.74, 6) is 1.94. The lowest BCUT2D eigenvalue weighted by Crippen LogP contribution is -2.37. The summed E-state index contributed by atoms with van der Waals surface area (Å²) < 4.78 is 15.8. The molecule has 0 saturated carbocycles. The molecule has 4 heteroatoms. The van der Waals surface area contributed by atoms with Crippen LogP contribution in [0.4, 0.5) is 0 Å². The molecule has 4 nitrogen and oxygen atoms in total. The van der Waals surface area contributed by atoms with E-state index in [0.29, 0.717) is 17.4 Å². The average molecular weight is 266 g/mol. The van der Waals surface area contributed by atoms with Crippen molar-refractivity contribution in [3.63, 3.8) is 0 Å². The standard InChI is InChI=1S/C15H22O4/c1-15(10-16,7-11-8-19-9-11)12-4-5-13(17-2)14(6-12)18-3/h4-6,11,16H,7-10H2,1-3H3. The Labute approximate surface area is 114 Å². The molecule has 2 rings (SSSR count). The van der Waals surface area contributed by atoms with Crippen LogP contribution in [0.5, 0.6) is 11.5 Å². The number of methoxy groups -OCH3 is 2. The van der Waals surface area contributed by atoms with Crippen molar-refractivity contribution in [2.45, 2.75) is 18.8 Å². The normalized spacial score (nSPS) is 18.5. The van der Waals surface area contributed by atoms with Gasteiger partial charge in [-0.2, -0.15) is 0 Å². The molecule has 1 atom stereocenters. The summed E-state index contributed by atoms with van der Waals surface area (Å²) in [7, 11) is 3.24. The van der Waals surface area contributed by atoms with Gasteiger partial charge in [0.25, 0.3) is 0 Å². The van der Waals surface area contributed by atoms with Crippen LogP contribution in [0.1, 0.15) is 18.9 Å². The minimum absolute atomic E-state index is 0.110. The Morgan fingerprint density at radius 2 is 1.95 bits per heavy atom. The molecule has 106 valence electrons. The van der Waals surface area contributed by atoms with Gasteiger partial charge in [-0.3, -0.25) is 0 Å². The van der Waals surface area contributed by atoms with Crippen LogP contribution in [0.25, 0.3) is 0 Å². The summed E-state index contributed by atoms with van der Waals surface area (Å²) in [4.78, 5) is 0. The number of hydrogen-bond acceptors (Lipinski definition) is 4. The Balaban J connectivity index is 2.25. The molecule has 0 aliphatic carbocycles. The van der Waals surface area contributed by atoms with Crippen molar-refractivity contribution in [2.75, 3.05) is 34.0 Å². The molecule has 1 aromatic carbocycles. The smallest absolute Gasteiger partial charge is 0.161 e. The SMILES string of the molecule is COc1ccc(C(C)(CO)CC2COC2)cc1OC. The minimum atomic E-state index is -0.270. The predicted molar refractivity (Wildman–Crippen MR) is 72.9 cm³/mol. The maximum Gasteiger partial charge on any atom is 0.161 e. The third kappa shape index (κ3) is 2.85. The molecule has 0 aromatic heterocycles. The van der Waals surface area contributed by atoms with Gasteiger partial charge < -0.3 is 19.3 Å². The number of hydrogen-bond donors (Lipinski definition) is 1. The van der Waals surface area contributed by atoms with E-state index in [4.69, 9.17) is 14.2 Å². The first-order chi connectivity index (χ1) is 9.12. The van der Waals surface area contributed by atoms with Crippen molar-refractivity contribution in [1.29, 1.82) is 0 Å². The number of ether oxygens (including phenoxy) is 3. The summed E-state index contributed by atoms with van der Waals surface area (Å²) in [5, 5.41) is 9.78. The van der Waals surface area contributed by atoms with E-state index in [1.807, 2.05) is 18.2 Å². The van der Waals surface area contributed by atoms with Gasteiger partial charge in [0.05, 0.1) is 34.0 Å². The van der Waals surface area contributed by atoms with E-state index in [1.54, 1.807) is 14.2 Å². The Morgan fingerprint density at radius 1 is 1.26 bits per heavy atom. The lowest BCUT2D eigenvalue weighted by atomic mass is 9.75. The lowest BCUT2D eigenvalue weighted by molar-refractivity contribution is -0.0485. The summed E-state index contributed by atoms with van der Waals surface area (Å²) in [6.45, 7) is 3.78. The molecular formula is C15H22O4. The highest BCUT2D eigenvalue weighted by atomic mass is 16.5. The second kappa shape index (κ2) is 5.80. The monoisotopic (exact) mass is 266 g/mol. The Hall–Kier alpha value is -1.26. The van der Waals surface area contributed by atoms with Crippen LogP contribution < -0.4 is 9.47 Å². The van der Waals surface area contributed by atoms with Crippen LogP contribution in [0.15, 0.2) is 18.2 Å². The van der Waals surface area contributed by atoms with Crippen LogP contribution in [-0.4, -0.2) is 39.1 Å². The first-order valence-corrected chi connectivity index (χ1v) is 6.54. The van der Waals surface area contributed by atoms with Crippen molar-refractivity contribution in [3.8, 4) is 11.5 Å². The van der Waals surface area contributed by atoms with Gasteiger partial charge in [0.2, 0.25) is 0 Å². The summed E-state index contributed by atoms with van der Waals surface area (Å²) in [6, 6.07) is 5.84. The fraction of sp³-hybridized carbons (Fsp3) is 0.600. The van der Waals surface area contributed by atoms with Crippen molar-refractivity contribution in [1.82, 2.24) is 0 Å². The summed E-state index contributed by atoms with van der Waals surface area (Å²) in [5.41, 5.74) is 0.799. The third-order valence-corrected chi connectivity index (χ3v) is 3.88. The van der Waals surface area contributed by atoms with E-state index in [9.17, 15) is 5.11 Å². The quantitative estimate of drug-likeness (QED) is 0.855. The van der Waals surface area contributed by atoms with Gasteiger partial charge in [0, 0.05) is 11.3 Å². The number of aliphatic hydroxyl groups excluding tert-OH is 1. The van der Waals surface area contributed by atoms with Gasteiger partial charge in [0.1, 0.15) is 0 Å². The zero-order chi connectivity index (χ0) is 13.9. The summed E-state index contributed by atoms with van der Waals surface area (Å²) in [6.07, 6.45) is 0.916. The van der Waals surface area contributed by atoms with E-state index in [0.717, 1.165) is 25.2 Å². The van der Waals surface area contributed by atoms with E-state index in [1.165, 1.54) is 0 Å². The predicted octanol–water partition coefficient (Wildman–Crippen LogP) is 1.99. The van der Waals surface area contributed by atoms with E-state index in [2.05, 4.69) is 6.92 Å². The summed E-state index contributed by atoms with van der Waals surface area (Å²) >= 11 is 0. The highest BCUT2D eigenvalue weighted by Gasteiger charge is 2.33. The van der Waals surface area contributed by atoms with Gasteiger partial charge in [-0.05, 0) is 24.1 Å². The van der Waals surface area contributed by atoms with Gasteiger partial charge in [-0.1, -0.05) is 13.0 Å². The van der Waals surface area contributed by atoms with Gasteiger partial charge in [-0.25, -0.2) is 0 Å². The fourth-order valence-electron chi connectivity index (χ4n) is 2.52. The molecule has 1 aliphatic heterocycles. The highest BCUT2D eigenvalue weighted by molar-refractivity contribution is 5.45. The largest absolute Gasteiger partial charge is 0.493 e. The Morgan fingerprint density at radius 3 is 2.42 bits per heavy atom. The molecule has 0 bridgehead atoms. The van der Waals surface area contributed by atoms with Crippen molar-refractivity contribution >= 4 is 0 Å². The van der Waals surface area contributed by atoms with Crippen LogP contribution in [0.2, 0.25) is 0 Å². The maximum atomic E-state index is 9.78. The van der Waals surface area contributed by atoms with Crippen molar-refractivity contribution in [3.05, 3.63) is 23.8 Å². The molecule has 1 aliphatic rings. The first-order valence-electron chi connectivity index (χ1n) is 6.54. The van der Waals surface area contributed by atoms with Crippen LogP contribution in [0, 0.1) is 5.92 Å². The average Bonchev–Trinajstić information content (AvgIpc) is 2.41.